The Labute approximate surface area is 121 Å². The number of amides is 2. The number of carbonyl (C=O) groups is 2. The van der Waals surface area contributed by atoms with Crippen molar-refractivity contribution in [2.75, 3.05) is 26.3 Å². The second kappa shape index (κ2) is 6.57. The fraction of sp³-hybridized carbons (Fsp3) is 0.867. The van der Waals surface area contributed by atoms with Crippen molar-refractivity contribution in [1.82, 2.24) is 9.80 Å². The maximum absolute atomic E-state index is 12.1. The van der Waals surface area contributed by atoms with Crippen LogP contribution in [0.2, 0.25) is 0 Å². The van der Waals surface area contributed by atoms with E-state index in [-0.39, 0.29) is 29.8 Å². The molecule has 0 spiro atoms. The Morgan fingerprint density at radius 1 is 1.15 bits per heavy atom. The monoisotopic (exact) mass is 282 g/mol. The van der Waals surface area contributed by atoms with Crippen molar-refractivity contribution in [3.8, 4) is 0 Å². The van der Waals surface area contributed by atoms with Crippen LogP contribution in [0.4, 0.5) is 0 Å². The molecule has 2 saturated heterocycles. The molecule has 2 aliphatic rings. The Morgan fingerprint density at radius 2 is 1.80 bits per heavy atom. The number of rotatable bonds is 3. The van der Waals surface area contributed by atoms with Crippen LogP contribution in [0.25, 0.3) is 0 Å². The molecule has 0 aromatic heterocycles. The number of hydrogen-bond donors (Lipinski definition) is 0. The highest BCUT2D eigenvalue weighted by molar-refractivity contribution is 5.79. The van der Waals surface area contributed by atoms with Crippen LogP contribution in [0.1, 0.15) is 40.0 Å². The van der Waals surface area contributed by atoms with Gasteiger partial charge in [0.2, 0.25) is 11.8 Å². The van der Waals surface area contributed by atoms with Gasteiger partial charge < -0.3 is 14.5 Å². The smallest absolute Gasteiger partial charge is 0.225 e. The summed E-state index contributed by atoms with van der Waals surface area (Å²) in [4.78, 5) is 28.0. The van der Waals surface area contributed by atoms with E-state index in [0.717, 1.165) is 39.0 Å². The van der Waals surface area contributed by atoms with Crippen molar-refractivity contribution in [3.63, 3.8) is 0 Å². The van der Waals surface area contributed by atoms with E-state index in [9.17, 15) is 9.59 Å². The lowest BCUT2D eigenvalue weighted by Crippen LogP contribution is -2.49. The van der Waals surface area contributed by atoms with Gasteiger partial charge in [0, 0.05) is 45.2 Å². The number of carbonyl (C=O) groups excluding carboxylic acids is 2. The summed E-state index contributed by atoms with van der Waals surface area (Å²) in [5.41, 5.74) is 0. The van der Waals surface area contributed by atoms with E-state index in [1.807, 2.05) is 23.6 Å². The molecule has 0 aromatic carbocycles. The highest BCUT2D eigenvalue weighted by atomic mass is 16.5. The quantitative estimate of drug-likeness (QED) is 0.783. The van der Waals surface area contributed by atoms with Crippen LogP contribution in [0.5, 0.6) is 0 Å². The third-order valence-corrected chi connectivity index (χ3v) is 4.31. The van der Waals surface area contributed by atoms with E-state index in [4.69, 9.17) is 4.74 Å². The van der Waals surface area contributed by atoms with E-state index in [1.54, 1.807) is 6.92 Å². The van der Waals surface area contributed by atoms with Gasteiger partial charge in [-0.15, -0.1) is 0 Å². The van der Waals surface area contributed by atoms with Gasteiger partial charge in [-0.1, -0.05) is 13.8 Å². The first kappa shape index (κ1) is 15.3. The molecule has 5 nitrogen and oxygen atoms in total. The molecule has 2 fully saturated rings. The van der Waals surface area contributed by atoms with Crippen molar-refractivity contribution < 1.29 is 14.3 Å². The molecule has 5 heteroatoms. The molecule has 0 saturated carbocycles. The normalized spacial score (nSPS) is 24.2. The van der Waals surface area contributed by atoms with Crippen molar-refractivity contribution in [2.24, 2.45) is 5.92 Å². The molecule has 2 aliphatic heterocycles. The third-order valence-electron chi connectivity index (χ3n) is 4.31. The molecular formula is C15H26N2O3. The minimum Gasteiger partial charge on any atom is -0.381 e. The minimum absolute atomic E-state index is 0.0302. The van der Waals surface area contributed by atoms with Crippen LogP contribution in [0.15, 0.2) is 0 Å². The van der Waals surface area contributed by atoms with Gasteiger partial charge in [-0.3, -0.25) is 9.59 Å². The lowest BCUT2D eigenvalue weighted by molar-refractivity contribution is -0.138. The van der Waals surface area contributed by atoms with Crippen LogP contribution in [-0.2, 0) is 14.3 Å². The fourth-order valence-corrected chi connectivity index (χ4v) is 3.31. The Bertz CT molecular complexity index is 364. The Kier molecular flexibility index (Phi) is 5.02. The molecule has 2 heterocycles. The zero-order valence-corrected chi connectivity index (χ0v) is 12.8. The summed E-state index contributed by atoms with van der Waals surface area (Å²) < 4.78 is 5.38. The molecule has 114 valence electrons. The Balaban J connectivity index is 2.00. The van der Waals surface area contributed by atoms with Crippen molar-refractivity contribution in [2.45, 2.75) is 52.1 Å². The van der Waals surface area contributed by atoms with E-state index in [0.29, 0.717) is 6.54 Å². The Morgan fingerprint density at radius 3 is 2.35 bits per heavy atom. The SMILES string of the molecule is CC(=O)N(C1CCOCC1)C1CCN(C(=O)C(C)C)C1. The minimum atomic E-state index is 0.0302. The van der Waals surface area contributed by atoms with Gasteiger partial charge in [0.15, 0.2) is 0 Å². The molecule has 2 amide bonds. The molecule has 0 bridgehead atoms. The summed E-state index contributed by atoms with van der Waals surface area (Å²) in [5.74, 6) is 0.353. The van der Waals surface area contributed by atoms with Crippen molar-refractivity contribution >= 4 is 11.8 Å². The van der Waals surface area contributed by atoms with Gasteiger partial charge in [-0.05, 0) is 19.3 Å². The largest absolute Gasteiger partial charge is 0.381 e. The molecule has 2 rings (SSSR count). The predicted molar refractivity (Wildman–Crippen MR) is 76.2 cm³/mol. The lowest BCUT2D eigenvalue weighted by Gasteiger charge is -2.38. The molecule has 0 N–H and O–H groups in total. The first-order chi connectivity index (χ1) is 9.50. The maximum atomic E-state index is 12.1. The second-order valence-corrected chi connectivity index (χ2v) is 6.15. The second-order valence-electron chi connectivity index (χ2n) is 6.15. The number of nitrogens with zero attached hydrogens (tertiary/aromatic N) is 2. The summed E-state index contributed by atoms with van der Waals surface area (Å²) in [6.45, 7) is 8.42. The summed E-state index contributed by atoms with van der Waals surface area (Å²) in [6, 6.07) is 0.457. The van der Waals surface area contributed by atoms with E-state index in [2.05, 4.69) is 0 Å². The van der Waals surface area contributed by atoms with Crippen LogP contribution >= 0.6 is 0 Å². The van der Waals surface area contributed by atoms with E-state index >= 15 is 0 Å². The van der Waals surface area contributed by atoms with Crippen LogP contribution < -0.4 is 0 Å². The van der Waals surface area contributed by atoms with Gasteiger partial charge in [0.25, 0.3) is 0 Å². The molecule has 0 radical (unpaired) electrons. The van der Waals surface area contributed by atoms with Gasteiger partial charge in [-0.25, -0.2) is 0 Å². The van der Waals surface area contributed by atoms with Crippen molar-refractivity contribution in [1.29, 1.82) is 0 Å². The average Bonchev–Trinajstić information content (AvgIpc) is 2.88. The summed E-state index contributed by atoms with van der Waals surface area (Å²) >= 11 is 0. The topological polar surface area (TPSA) is 49.9 Å². The predicted octanol–water partition coefficient (Wildman–Crippen LogP) is 1.27. The van der Waals surface area contributed by atoms with Gasteiger partial charge in [-0.2, -0.15) is 0 Å². The summed E-state index contributed by atoms with van der Waals surface area (Å²) in [5, 5.41) is 0. The van der Waals surface area contributed by atoms with E-state index < -0.39 is 0 Å². The first-order valence-electron chi connectivity index (χ1n) is 7.66. The van der Waals surface area contributed by atoms with Crippen LogP contribution in [-0.4, -0.2) is 60.0 Å². The molecule has 0 aliphatic carbocycles. The third kappa shape index (κ3) is 3.32. The highest BCUT2D eigenvalue weighted by Crippen LogP contribution is 2.24. The van der Waals surface area contributed by atoms with Gasteiger partial charge in [0.1, 0.15) is 0 Å². The molecule has 0 aromatic rings. The summed E-state index contributed by atoms with van der Waals surface area (Å²) in [7, 11) is 0. The zero-order chi connectivity index (χ0) is 14.7. The number of likely N-dealkylation sites (tertiary alicyclic amines) is 1. The fourth-order valence-electron chi connectivity index (χ4n) is 3.31. The van der Waals surface area contributed by atoms with Crippen LogP contribution in [0, 0.1) is 5.92 Å². The van der Waals surface area contributed by atoms with E-state index in [1.165, 1.54) is 0 Å². The standard InChI is InChI=1S/C15H26N2O3/c1-11(2)15(19)16-7-4-14(10-16)17(12(3)18)13-5-8-20-9-6-13/h11,13-14H,4-10H2,1-3H3. The van der Waals surface area contributed by atoms with Crippen LogP contribution in [0.3, 0.4) is 0 Å². The average molecular weight is 282 g/mol. The highest BCUT2D eigenvalue weighted by Gasteiger charge is 2.36. The van der Waals surface area contributed by atoms with Gasteiger partial charge >= 0.3 is 0 Å². The maximum Gasteiger partial charge on any atom is 0.225 e. The number of hydrogen-bond acceptors (Lipinski definition) is 3. The molecule has 1 atom stereocenters. The molecular weight excluding hydrogens is 256 g/mol. The molecule has 1 unspecified atom stereocenters. The molecule has 20 heavy (non-hydrogen) atoms. The van der Waals surface area contributed by atoms with Gasteiger partial charge in [0.05, 0.1) is 6.04 Å². The Hall–Kier alpha value is -1.10. The zero-order valence-electron chi connectivity index (χ0n) is 12.8. The first-order valence-corrected chi connectivity index (χ1v) is 7.66. The number of ether oxygens (including phenoxy) is 1. The lowest BCUT2D eigenvalue weighted by atomic mass is 10.0. The van der Waals surface area contributed by atoms with Crippen molar-refractivity contribution in [3.05, 3.63) is 0 Å². The summed E-state index contributed by atoms with van der Waals surface area (Å²) in [6.07, 6.45) is 2.72.